The van der Waals surface area contributed by atoms with E-state index in [1.165, 1.54) is 0 Å². The number of methoxy groups -OCH3 is 1. The molecule has 1 atom stereocenters. The lowest BCUT2D eigenvalue weighted by molar-refractivity contribution is 0.104. The highest BCUT2D eigenvalue weighted by Gasteiger charge is 2.19. The molecule has 0 spiro atoms. The summed E-state index contributed by atoms with van der Waals surface area (Å²) in [7, 11) is 5.55. The van der Waals surface area contributed by atoms with Crippen LogP contribution < -0.4 is 0 Å². The van der Waals surface area contributed by atoms with Crippen LogP contribution in [0.4, 0.5) is 0 Å². The van der Waals surface area contributed by atoms with E-state index in [0.717, 1.165) is 0 Å². The number of ether oxygens (including phenoxy) is 1. The molecule has 5 heteroatoms. The van der Waals surface area contributed by atoms with E-state index in [2.05, 4.69) is 10.2 Å². The molecule has 74 valence electrons. The predicted molar refractivity (Wildman–Crippen MR) is 47.3 cm³/mol. The van der Waals surface area contributed by atoms with Crippen molar-refractivity contribution in [3.05, 3.63) is 11.8 Å². The minimum absolute atomic E-state index is 0.0335. The van der Waals surface area contributed by atoms with E-state index in [4.69, 9.17) is 9.15 Å². The number of hydrogen-bond donors (Lipinski definition) is 0. The number of rotatable bonds is 4. The van der Waals surface area contributed by atoms with Gasteiger partial charge in [0.1, 0.15) is 6.04 Å². The first kappa shape index (κ1) is 10.1. The Morgan fingerprint density at radius 2 is 2.15 bits per heavy atom. The van der Waals surface area contributed by atoms with Crippen LogP contribution in [-0.4, -0.2) is 42.9 Å². The van der Waals surface area contributed by atoms with E-state index < -0.39 is 0 Å². The Kier molecular flexibility index (Phi) is 3.39. The van der Waals surface area contributed by atoms with Crippen molar-refractivity contribution >= 4 is 0 Å². The summed E-state index contributed by atoms with van der Waals surface area (Å²) in [6, 6.07) is 0.0335. The molecule has 0 N–H and O–H groups in total. The SMILES string of the molecule is COCC(c1nnc(C)o1)N(C)C. The first-order valence-electron chi connectivity index (χ1n) is 4.10. The van der Waals surface area contributed by atoms with Crippen molar-refractivity contribution in [3.63, 3.8) is 0 Å². The van der Waals surface area contributed by atoms with Crippen LogP contribution in [0.15, 0.2) is 4.42 Å². The molecule has 0 amide bonds. The zero-order valence-corrected chi connectivity index (χ0v) is 8.44. The van der Waals surface area contributed by atoms with Gasteiger partial charge >= 0.3 is 0 Å². The van der Waals surface area contributed by atoms with Gasteiger partial charge in [0.15, 0.2) is 0 Å². The first-order chi connectivity index (χ1) is 6.15. The van der Waals surface area contributed by atoms with Crippen LogP contribution in [0.3, 0.4) is 0 Å². The van der Waals surface area contributed by atoms with Gasteiger partial charge in [0.25, 0.3) is 0 Å². The number of aromatic nitrogens is 2. The minimum atomic E-state index is 0.0335. The average molecular weight is 185 g/mol. The van der Waals surface area contributed by atoms with E-state index in [0.29, 0.717) is 18.4 Å². The molecular formula is C8H15N3O2. The van der Waals surface area contributed by atoms with Gasteiger partial charge in [0.05, 0.1) is 6.61 Å². The lowest BCUT2D eigenvalue weighted by Crippen LogP contribution is -2.24. The van der Waals surface area contributed by atoms with Gasteiger partial charge in [0, 0.05) is 14.0 Å². The summed E-state index contributed by atoms with van der Waals surface area (Å²) >= 11 is 0. The van der Waals surface area contributed by atoms with E-state index in [9.17, 15) is 0 Å². The van der Waals surface area contributed by atoms with Crippen molar-refractivity contribution in [2.75, 3.05) is 27.8 Å². The Labute approximate surface area is 77.7 Å². The Bertz CT molecular complexity index is 260. The molecule has 0 fully saturated rings. The van der Waals surface area contributed by atoms with Gasteiger partial charge < -0.3 is 9.15 Å². The Balaban J connectivity index is 2.75. The van der Waals surface area contributed by atoms with Crippen LogP contribution in [-0.2, 0) is 4.74 Å². The molecule has 1 aromatic heterocycles. The van der Waals surface area contributed by atoms with Gasteiger partial charge in [-0.1, -0.05) is 0 Å². The standard InChI is InChI=1S/C8H15N3O2/c1-6-9-10-8(13-6)7(5-12-4)11(2)3/h7H,5H2,1-4H3. The van der Waals surface area contributed by atoms with E-state index in [-0.39, 0.29) is 6.04 Å². The second kappa shape index (κ2) is 4.34. The maximum atomic E-state index is 5.32. The Morgan fingerprint density at radius 3 is 2.54 bits per heavy atom. The third kappa shape index (κ3) is 2.50. The second-order valence-electron chi connectivity index (χ2n) is 3.09. The molecule has 0 bridgehead atoms. The molecule has 0 saturated heterocycles. The topological polar surface area (TPSA) is 51.4 Å². The predicted octanol–water partition coefficient (Wildman–Crippen LogP) is 0.627. The number of likely N-dealkylation sites (N-methyl/N-ethyl adjacent to an activating group) is 1. The third-order valence-corrected chi connectivity index (χ3v) is 1.77. The molecule has 13 heavy (non-hydrogen) atoms. The van der Waals surface area contributed by atoms with Crippen molar-refractivity contribution in [3.8, 4) is 0 Å². The van der Waals surface area contributed by atoms with Gasteiger partial charge in [-0.15, -0.1) is 10.2 Å². The van der Waals surface area contributed by atoms with Gasteiger partial charge in [0.2, 0.25) is 11.8 Å². The fourth-order valence-corrected chi connectivity index (χ4v) is 1.05. The molecule has 0 aromatic carbocycles. The average Bonchev–Trinajstić information content (AvgIpc) is 2.46. The van der Waals surface area contributed by atoms with Crippen LogP contribution in [0.25, 0.3) is 0 Å². The van der Waals surface area contributed by atoms with E-state index >= 15 is 0 Å². The molecule has 1 rings (SSSR count). The summed E-state index contributed by atoms with van der Waals surface area (Å²) < 4.78 is 10.4. The summed E-state index contributed by atoms with van der Waals surface area (Å²) in [5.41, 5.74) is 0. The number of nitrogens with zero attached hydrogens (tertiary/aromatic N) is 3. The molecule has 1 aromatic rings. The maximum Gasteiger partial charge on any atom is 0.235 e. The summed E-state index contributed by atoms with van der Waals surface area (Å²) in [6.45, 7) is 2.32. The Hall–Kier alpha value is -0.940. The van der Waals surface area contributed by atoms with Crippen LogP contribution in [0.2, 0.25) is 0 Å². The maximum absolute atomic E-state index is 5.32. The second-order valence-corrected chi connectivity index (χ2v) is 3.09. The van der Waals surface area contributed by atoms with Crippen LogP contribution >= 0.6 is 0 Å². The van der Waals surface area contributed by atoms with E-state index in [1.807, 2.05) is 19.0 Å². The smallest absolute Gasteiger partial charge is 0.235 e. The molecule has 0 saturated carbocycles. The van der Waals surface area contributed by atoms with E-state index in [1.54, 1.807) is 14.0 Å². The molecule has 0 aliphatic carbocycles. The van der Waals surface area contributed by atoms with Crippen molar-refractivity contribution in [2.24, 2.45) is 0 Å². The monoisotopic (exact) mass is 185 g/mol. The fraction of sp³-hybridized carbons (Fsp3) is 0.750. The molecular weight excluding hydrogens is 170 g/mol. The number of hydrogen-bond acceptors (Lipinski definition) is 5. The lowest BCUT2D eigenvalue weighted by Gasteiger charge is -2.19. The van der Waals surface area contributed by atoms with Gasteiger partial charge in [-0.3, -0.25) is 4.90 Å². The lowest BCUT2D eigenvalue weighted by atomic mass is 10.3. The number of aryl methyl sites for hydroxylation is 1. The van der Waals surface area contributed by atoms with Crippen molar-refractivity contribution in [1.82, 2.24) is 15.1 Å². The van der Waals surface area contributed by atoms with Crippen molar-refractivity contribution in [1.29, 1.82) is 0 Å². The summed E-state index contributed by atoms with van der Waals surface area (Å²) in [6.07, 6.45) is 0. The third-order valence-electron chi connectivity index (χ3n) is 1.77. The molecule has 1 heterocycles. The van der Waals surface area contributed by atoms with Crippen LogP contribution in [0.1, 0.15) is 17.8 Å². The zero-order chi connectivity index (χ0) is 9.84. The van der Waals surface area contributed by atoms with Gasteiger partial charge in [-0.2, -0.15) is 0 Å². The van der Waals surface area contributed by atoms with Crippen LogP contribution in [0.5, 0.6) is 0 Å². The fourth-order valence-electron chi connectivity index (χ4n) is 1.05. The molecule has 0 aliphatic rings. The summed E-state index contributed by atoms with van der Waals surface area (Å²) in [5.74, 6) is 1.18. The highest BCUT2D eigenvalue weighted by atomic mass is 16.5. The summed E-state index contributed by atoms with van der Waals surface area (Å²) in [4.78, 5) is 1.98. The Morgan fingerprint density at radius 1 is 1.46 bits per heavy atom. The van der Waals surface area contributed by atoms with Crippen molar-refractivity contribution < 1.29 is 9.15 Å². The minimum Gasteiger partial charge on any atom is -0.424 e. The highest BCUT2D eigenvalue weighted by molar-refractivity contribution is 4.88. The van der Waals surface area contributed by atoms with Crippen LogP contribution in [0, 0.1) is 6.92 Å². The highest BCUT2D eigenvalue weighted by Crippen LogP contribution is 2.16. The van der Waals surface area contributed by atoms with Crippen molar-refractivity contribution in [2.45, 2.75) is 13.0 Å². The molecule has 5 nitrogen and oxygen atoms in total. The first-order valence-corrected chi connectivity index (χ1v) is 4.10. The summed E-state index contributed by atoms with van der Waals surface area (Å²) in [5, 5.41) is 7.72. The van der Waals surface area contributed by atoms with Gasteiger partial charge in [-0.05, 0) is 14.1 Å². The molecule has 0 radical (unpaired) electrons. The molecule has 1 unspecified atom stereocenters. The largest absolute Gasteiger partial charge is 0.424 e. The zero-order valence-electron chi connectivity index (χ0n) is 8.44. The molecule has 0 aliphatic heterocycles. The quantitative estimate of drug-likeness (QED) is 0.688. The normalized spacial score (nSPS) is 13.6. The van der Waals surface area contributed by atoms with Gasteiger partial charge in [-0.25, -0.2) is 0 Å².